The monoisotopic (exact) mass is 399 g/mol. The normalized spacial score (nSPS) is 12.8. The summed E-state index contributed by atoms with van der Waals surface area (Å²) in [6.45, 7) is 12.5. The first kappa shape index (κ1) is 23.4. The van der Waals surface area contributed by atoms with Gasteiger partial charge in [0.05, 0.1) is 6.61 Å². The third kappa shape index (κ3) is 6.57. The summed E-state index contributed by atoms with van der Waals surface area (Å²) in [4.78, 5) is 0. The van der Waals surface area contributed by atoms with E-state index in [4.69, 9.17) is 10.5 Å². The number of halogens is 1. The van der Waals surface area contributed by atoms with Crippen LogP contribution in [0.1, 0.15) is 77.3 Å². The van der Waals surface area contributed by atoms with Crippen LogP contribution >= 0.6 is 0 Å². The van der Waals surface area contributed by atoms with Crippen molar-refractivity contribution in [2.45, 2.75) is 72.6 Å². The Morgan fingerprint density at radius 1 is 1.07 bits per heavy atom. The van der Waals surface area contributed by atoms with E-state index >= 15 is 0 Å². The van der Waals surface area contributed by atoms with Crippen LogP contribution in [0.25, 0.3) is 11.1 Å². The highest BCUT2D eigenvalue weighted by Crippen LogP contribution is 2.37. The molecular weight excluding hydrogens is 361 g/mol. The summed E-state index contributed by atoms with van der Waals surface area (Å²) >= 11 is 0. The van der Waals surface area contributed by atoms with E-state index in [9.17, 15) is 4.39 Å². The molecule has 1 unspecified atom stereocenters. The molecule has 2 aromatic carbocycles. The molecule has 2 N–H and O–H groups in total. The van der Waals surface area contributed by atoms with Crippen molar-refractivity contribution >= 4 is 0 Å². The van der Waals surface area contributed by atoms with Gasteiger partial charge in [0.15, 0.2) is 0 Å². The third-order valence-electron chi connectivity index (χ3n) is 5.97. The van der Waals surface area contributed by atoms with Gasteiger partial charge in [-0.1, -0.05) is 46.8 Å². The standard InChI is InChI=1S/C26H38FNO/c1-6-19(3)23-17-25(29-15-9-8-14-26(4,5)18-28)20(7-2)16-24(23)21-10-12-22(27)13-11-21/h10-13,16-17,19H,6-9,14-15,18,28H2,1-5H3. The number of hydrogen-bond donors (Lipinski definition) is 1. The molecule has 0 bridgehead atoms. The number of aryl methyl sites for hydroxylation is 1. The molecule has 0 saturated carbocycles. The molecule has 0 aliphatic carbocycles. The van der Waals surface area contributed by atoms with Gasteiger partial charge in [0.2, 0.25) is 0 Å². The summed E-state index contributed by atoms with van der Waals surface area (Å²) in [5.41, 5.74) is 10.8. The van der Waals surface area contributed by atoms with E-state index in [0.717, 1.165) is 56.6 Å². The number of hydrogen-bond acceptors (Lipinski definition) is 2. The molecule has 0 aliphatic rings. The van der Waals surface area contributed by atoms with Gasteiger partial charge in [0, 0.05) is 0 Å². The van der Waals surface area contributed by atoms with Crippen LogP contribution < -0.4 is 10.5 Å². The molecule has 0 radical (unpaired) electrons. The average molecular weight is 400 g/mol. The Morgan fingerprint density at radius 3 is 2.34 bits per heavy atom. The second-order valence-electron chi connectivity index (χ2n) is 8.89. The smallest absolute Gasteiger partial charge is 0.123 e. The van der Waals surface area contributed by atoms with Crippen LogP contribution in [0, 0.1) is 11.2 Å². The number of rotatable bonds is 11. The predicted octanol–water partition coefficient (Wildman–Crippen LogP) is 7.10. The van der Waals surface area contributed by atoms with Crippen LogP contribution in [0.3, 0.4) is 0 Å². The minimum atomic E-state index is -0.202. The third-order valence-corrected chi connectivity index (χ3v) is 5.97. The highest BCUT2D eigenvalue weighted by atomic mass is 19.1. The molecule has 0 spiro atoms. The van der Waals surface area contributed by atoms with Gasteiger partial charge in [0.1, 0.15) is 11.6 Å². The Labute approximate surface area is 176 Å². The molecular formula is C26H38FNO. The van der Waals surface area contributed by atoms with Crippen LogP contribution in [-0.4, -0.2) is 13.2 Å². The first-order valence-corrected chi connectivity index (χ1v) is 11.1. The van der Waals surface area contributed by atoms with Crippen LogP contribution in [0.2, 0.25) is 0 Å². The topological polar surface area (TPSA) is 35.2 Å². The quantitative estimate of drug-likeness (QED) is 0.409. The zero-order valence-corrected chi connectivity index (χ0v) is 18.9. The van der Waals surface area contributed by atoms with Crippen molar-refractivity contribution in [2.75, 3.05) is 13.2 Å². The lowest BCUT2D eigenvalue weighted by atomic mass is 9.87. The maximum atomic E-state index is 13.4. The minimum absolute atomic E-state index is 0.202. The van der Waals surface area contributed by atoms with Crippen molar-refractivity contribution in [1.82, 2.24) is 0 Å². The van der Waals surface area contributed by atoms with Crippen LogP contribution in [-0.2, 0) is 6.42 Å². The van der Waals surface area contributed by atoms with Gasteiger partial charge in [-0.25, -0.2) is 4.39 Å². The molecule has 2 aromatic rings. The van der Waals surface area contributed by atoms with Crippen molar-refractivity contribution in [3.8, 4) is 16.9 Å². The first-order valence-electron chi connectivity index (χ1n) is 11.1. The summed E-state index contributed by atoms with van der Waals surface area (Å²) < 4.78 is 19.6. The molecule has 160 valence electrons. The lowest BCUT2D eigenvalue weighted by Crippen LogP contribution is -2.23. The van der Waals surface area contributed by atoms with E-state index in [1.165, 1.54) is 28.8 Å². The zero-order valence-electron chi connectivity index (χ0n) is 18.9. The summed E-state index contributed by atoms with van der Waals surface area (Å²) in [5, 5.41) is 0. The van der Waals surface area contributed by atoms with Crippen LogP contribution in [0.15, 0.2) is 36.4 Å². The Morgan fingerprint density at radius 2 is 1.76 bits per heavy atom. The Bertz CT molecular complexity index is 767. The highest BCUT2D eigenvalue weighted by molar-refractivity contribution is 5.70. The molecule has 0 aromatic heterocycles. The van der Waals surface area contributed by atoms with E-state index in [1.54, 1.807) is 0 Å². The fraction of sp³-hybridized carbons (Fsp3) is 0.538. The van der Waals surface area contributed by atoms with Gasteiger partial charge < -0.3 is 10.5 Å². The molecule has 0 fully saturated rings. The Hall–Kier alpha value is -1.87. The van der Waals surface area contributed by atoms with Crippen LogP contribution in [0.5, 0.6) is 5.75 Å². The van der Waals surface area contributed by atoms with Gasteiger partial charge in [-0.15, -0.1) is 0 Å². The van der Waals surface area contributed by atoms with Gasteiger partial charge >= 0.3 is 0 Å². The lowest BCUT2D eigenvalue weighted by molar-refractivity contribution is 0.277. The molecule has 29 heavy (non-hydrogen) atoms. The van der Waals surface area contributed by atoms with E-state index in [2.05, 4.69) is 46.8 Å². The fourth-order valence-corrected chi connectivity index (χ4v) is 3.55. The molecule has 0 amide bonds. The Kier molecular flexibility index (Phi) is 8.70. The van der Waals surface area contributed by atoms with Crippen molar-refractivity contribution in [3.63, 3.8) is 0 Å². The van der Waals surface area contributed by atoms with Crippen molar-refractivity contribution in [2.24, 2.45) is 11.1 Å². The SMILES string of the molecule is CCc1cc(-c2ccc(F)cc2)c(C(C)CC)cc1OCCCCC(C)(C)CN. The fourth-order valence-electron chi connectivity index (χ4n) is 3.55. The molecule has 1 atom stereocenters. The largest absolute Gasteiger partial charge is 0.493 e. The Balaban J connectivity index is 2.21. The second-order valence-corrected chi connectivity index (χ2v) is 8.89. The summed E-state index contributed by atoms with van der Waals surface area (Å²) in [5.74, 6) is 1.20. The van der Waals surface area contributed by atoms with Gasteiger partial charge in [-0.3, -0.25) is 0 Å². The molecule has 2 rings (SSSR count). The second kappa shape index (κ2) is 10.8. The molecule has 0 saturated heterocycles. The highest BCUT2D eigenvalue weighted by Gasteiger charge is 2.17. The maximum Gasteiger partial charge on any atom is 0.123 e. The molecule has 2 nitrogen and oxygen atoms in total. The van der Waals surface area contributed by atoms with Gasteiger partial charge in [-0.2, -0.15) is 0 Å². The van der Waals surface area contributed by atoms with Gasteiger partial charge in [0.25, 0.3) is 0 Å². The minimum Gasteiger partial charge on any atom is -0.493 e. The number of nitrogens with two attached hydrogens (primary N) is 1. The van der Waals surface area contributed by atoms with E-state index in [0.29, 0.717) is 5.92 Å². The zero-order chi connectivity index (χ0) is 21.4. The van der Waals surface area contributed by atoms with Crippen LogP contribution in [0.4, 0.5) is 4.39 Å². The van der Waals surface area contributed by atoms with Crippen molar-refractivity contribution in [1.29, 1.82) is 0 Å². The maximum absolute atomic E-state index is 13.4. The van der Waals surface area contributed by atoms with Crippen molar-refractivity contribution < 1.29 is 9.13 Å². The molecule has 0 aliphatic heterocycles. The van der Waals surface area contributed by atoms with Crippen molar-refractivity contribution in [3.05, 3.63) is 53.3 Å². The van der Waals surface area contributed by atoms with E-state index in [1.807, 2.05) is 12.1 Å². The summed E-state index contributed by atoms with van der Waals surface area (Å²) in [6, 6.07) is 11.3. The van der Waals surface area contributed by atoms with E-state index in [-0.39, 0.29) is 11.2 Å². The summed E-state index contributed by atoms with van der Waals surface area (Å²) in [6.07, 6.45) is 5.23. The lowest BCUT2D eigenvalue weighted by Gasteiger charge is -2.22. The molecule has 0 heterocycles. The first-order chi connectivity index (χ1) is 13.8. The summed E-state index contributed by atoms with van der Waals surface area (Å²) in [7, 11) is 0. The number of benzene rings is 2. The number of unbranched alkanes of at least 4 members (excludes halogenated alkanes) is 1. The average Bonchev–Trinajstić information content (AvgIpc) is 2.73. The van der Waals surface area contributed by atoms with E-state index < -0.39 is 0 Å². The molecule has 3 heteroatoms. The number of ether oxygens (including phenoxy) is 1. The predicted molar refractivity (Wildman–Crippen MR) is 122 cm³/mol. The van der Waals surface area contributed by atoms with Gasteiger partial charge in [-0.05, 0) is 96.5 Å².